The van der Waals surface area contributed by atoms with Gasteiger partial charge in [-0.1, -0.05) is 19.3 Å². The molecule has 1 aliphatic heterocycles. The predicted molar refractivity (Wildman–Crippen MR) is 80.8 cm³/mol. The van der Waals surface area contributed by atoms with E-state index in [4.69, 9.17) is 4.74 Å². The highest BCUT2D eigenvalue weighted by Crippen LogP contribution is 2.41. The van der Waals surface area contributed by atoms with E-state index in [9.17, 15) is 4.79 Å². The average Bonchev–Trinajstić information content (AvgIpc) is 2.37. The van der Waals surface area contributed by atoms with Gasteiger partial charge in [0, 0.05) is 18.1 Å². The zero-order chi connectivity index (χ0) is 14.8. The fourth-order valence-corrected chi connectivity index (χ4v) is 3.73. The van der Waals surface area contributed by atoms with Crippen LogP contribution in [0.4, 0.5) is 4.79 Å². The highest BCUT2D eigenvalue weighted by Gasteiger charge is 2.46. The van der Waals surface area contributed by atoms with Crippen molar-refractivity contribution in [3.8, 4) is 0 Å². The SMILES string of the molecule is CNC1CCN(C(=O)OC(C)(C)C)C2(CCCCC2)C1. The van der Waals surface area contributed by atoms with Crippen molar-refractivity contribution in [1.29, 1.82) is 0 Å². The number of carbonyl (C=O) groups excluding carboxylic acids is 1. The molecule has 1 saturated heterocycles. The van der Waals surface area contributed by atoms with Gasteiger partial charge in [-0.05, 0) is 53.5 Å². The molecule has 0 aromatic rings. The smallest absolute Gasteiger partial charge is 0.410 e. The lowest BCUT2D eigenvalue weighted by atomic mass is 9.73. The number of hydrogen-bond acceptors (Lipinski definition) is 3. The molecule has 0 aromatic heterocycles. The summed E-state index contributed by atoms with van der Waals surface area (Å²) < 4.78 is 5.64. The van der Waals surface area contributed by atoms with Gasteiger partial charge in [-0.25, -0.2) is 4.79 Å². The minimum atomic E-state index is -0.410. The third-order valence-electron chi connectivity index (χ3n) is 4.71. The molecule has 1 heterocycles. The van der Waals surface area contributed by atoms with E-state index in [0.29, 0.717) is 6.04 Å². The number of piperidine rings is 1. The highest BCUT2D eigenvalue weighted by atomic mass is 16.6. The van der Waals surface area contributed by atoms with Gasteiger partial charge in [0.05, 0.1) is 0 Å². The minimum Gasteiger partial charge on any atom is -0.444 e. The summed E-state index contributed by atoms with van der Waals surface area (Å²) in [6, 6.07) is 0.534. The fourth-order valence-electron chi connectivity index (χ4n) is 3.73. The number of carbonyl (C=O) groups is 1. The maximum absolute atomic E-state index is 12.6. The topological polar surface area (TPSA) is 41.6 Å². The molecule has 1 spiro atoms. The Morgan fingerprint density at radius 1 is 1.25 bits per heavy atom. The summed E-state index contributed by atoms with van der Waals surface area (Å²) in [5.41, 5.74) is -0.376. The summed E-state index contributed by atoms with van der Waals surface area (Å²) in [5, 5.41) is 3.40. The van der Waals surface area contributed by atoms with Gasteiger partial charge >= 0.3 is 6.09 Å². The monoisotopic (exact) mass is 282 g/mol. The van der Waals surface area contributed by atoms with Crippen molar-refractivity contribution in [3.63, 3.8) is 0 Å². The molecule has 2 rings (SSSR count). The summed E-state index contributed by atoms with van der Waals surface area (Å²) in [6.07, 6.45) is 8.00. The van der Waals surface area contributed by atoms with E-state index in [1.807, 2.05) is 32.7 Å². The molecule has 1 N–H and O–H groups in total. The van der Waals surface area contributed by atoms with Crippen LogP contribution in [0.5, 0.6) is 0 Å². The number of nitrogens with zero attached hydrogens (tertiary/aromatic N) is 1. The minimum absolute atomic E-state index is 0.0342. The molecule has 0 bridgehead atoms. The van der Waals surface area contributed by atoms with Crippen LogP contribution in [0.25, 0.3) is 0 Å². The van der Waals surface area contributed by atoms with E-state index in [1.165, 1.54) is 19.3 Å². The second-order valence-corrected chi connectivity index (χ2v) is 7.40. The summed E-state index contributed by atoms with van der Waals surface area (Å²) in [7, 11) is 2.03. The second kappa shape index (κ2) is 5.92. The first-order valence-corrected chi connectivity index (χ1v) is 8.04. The molecule has 4 heteroatoms. The highest BCUT2D eigenvalue weighted by molar-refractivity contribution is 5.69. The first kappa shape index (κ1) is 15.6. The van der Waals surface area contributed by atoms with Crippen LogP contribution < -0.4 is 5.32 Å². The third kappa shape index (κ3) is 3.46. The van der Waals surface area contributed by atoms with Crippen molar-refractivity contribution in [2.24, 2.45) is 0 Å². The van der Waals surface area contributed by atoms with Gasteiger partial charge in [-0.15, -0.1) is 0 Å². The molecule has 1 unspecified atom stereocenters. The molecule has 1 saturated carbocycles. The van der Waals surface area contributed by atoms with Gasteiger partial charge in [-0.2, -0.15) is 0 Å². The van der Waals surface area contributed by atoms with Crippen LogP contribution in [0.1, 0.15) is 65.7 Å². The van der Waals surface area contributed by atoms with Crippen LogP contribution in [0.15, 0.2) is 0 Å². The molecule has 20 heavy (non-hydrogen) atoms. The van der Waals surface area contributed by atoms with Crippen molar-refractivity contribution in [2.45, 2.75) is 82.9 Å². The van der Waals surface area contributed by atoms with Crippen molar-refractivity contribution in [3.05, 3.63) is 0 Å². The molecule has 1 amide bonds. The van der Waals surface area contributed by atoms with Gasteiger partial charge < -0.3 is 15.0 Å². The van der Waals surface area contributed by atoms with E-state index in [1.54, 1.807) is 0 Å². The summed E-state index contributed by atoms with van der Waals surface area (Å²) in [4.78, 5) is 14.6. The lowest BCUT2D eigenvalue weighted by Crippen LogP contribution is -2.60. The Morgan fingerprint density at radius 2 is 1.90 bits per heavy atom. The van der Waals surface area contributed by atoms with Gasteiger partial charge in [-0.3, -0.25) is 0 Å². The predicted octanol–water partition coefficient (Wildman–Crippen LogP) is 3.31. The third-order valence-corrected chi connectivity index (χ3v) is 4.71. The molecule has 4 nitrogen and oxygen atoms in total. The maximum Gasteiger partial charge on any atom is 0.410 e. The number of rotatable bonds is 1. The molecule has 1 aliphatic carbocycles. The van der Waals surface area contributed by atoms with Crippen molar-refractivity contribution in [1.82, 2.24) is 10.2 Å². The Kier molecular flexibility index (Phi) is 4.62. The van der Waals surface area contributed by atoms with Crippen LogP contribution in [-0.4, -0.2) is 41.8 Å². The molecular formula is C16H30N2O2. The van der Waals surface area contributed by atoms with Crippen molar-refractivity contribution < 1.29 is 9.53 Å². The van der Waals surface area contributed by atoms with Crippen LogP contribution in [-0.2, 0) is 4.74 Å². The molecule has 1 atom stereocenters. The standard InChI is InChI=1S/C16H30N2O2/c1-15(2,3)20-14(19)18-11-8-13(17-4)12-16(18)9-6-5-7-10-16/h13,17H,5-12H2,1-4H3. The zero-order valence-corrected chi connectivity index (χ0v) is 13.5. The summed E-state index contributed by atoms with van der Waals surface area (Å²) in [5.74, 6) is 0. The first-order valence-electron chi connectivity index (χ1n) is 8.04. The Morgan fingerprint density at radius 3 is 2.45 bits per heavy atom. The van der Waals surface area contributed by atoms with Crippen LogP contribution >= 0.6 is 0 Å². The summed E-state index contributed by atoms with van der Waals surface area (Å²) in [6.45, 7) is 6.65. The first-order chi connectivity index (χ1) is 9.36. The van der Waals surface area contributed by atoms with Crippen LogP contribution in [0, 0.1) is 0 Å². The summed E-state index contributed by atoms with van der Waals surface area (Å²) >= 11 is 0. The van der Waals surface area contributed by atoms with Crippen LogP contribution in [0.3, 0.4) is 0 Å². The van der Waals surface area contributed by atoms with Gasteiger partial charge in [0.1, 0.15) is 5.60 Å². The quantitative estimate of drug-likeness (QED) is 0.802. The van der Waals surface area contributed by atoms with E-state index >= 15 is 0 Å². The molecule has 2 aliphatic rings. The Balaban J connectivity index is 2.14. The Labute approximate surface area is 123 Å². The number of likely N-dealkylation sites (tertiary alicyclic amines) is 1. The molecule has 2 fully saturated rings. The number of amides is 1. The maximum atomic E-state index is 12.6. The van der Waals surface area contributed by atoms with Gasteiger partial charge in [0.25, 0.3) is 0 Å². The molecule has 0 aromatic carbocycles. The number of nitrogens with one attached hydrogen (secondary N) is 1. The Bertz CT molecular complexity index is 343. The van der Waals surface area contributed by atoms with E-state index < -0.39 is 5.60 Å². The van der Waals surface area contributed by atoms with Crippen molar-refractivity contribution in [2.75, 3.05) is 13.6 Å². The second-order valence-electron chi connectivity index (χ2n) is 7.40. The average molecular weight is 282 g/mol. The van der Waals surface area contributed by atoms with Gasteiger partial charge in [0.15, 0.2) is 0 Å². The largest absolute Gasteiger partial charge is 0.444 e. The van der Waals surface area contributed by atoms with E-state index in [2.05, 4.69) is 5.32 Å². The molecule has 116 valence electrons. The Hall–Kier alpha value is -0.770. The van der Waals surface area contributed by atoms with Gasteiger partial charge in [0.2, 0.25) is 0 Å². The zero-order valence-electron chi connectivity index (χ0n) is 13.5. The number of ether oxygens (including phenoxy) is 1. The lowest BCUT2D eigenvalue weighted by Gasteiger charge is -2.51. The van der Waals surface area contributed by atoms with Crippen molar-refractivity contribution >= 4 is 6.09 Å². The fraction of sp³-hybridized carbons (Fsp3) is 0.938. The number of hydrogen-bond donors (Lipinski definition) is 1. The van der Waals surface area contributed by atoms with E-state index in [-0.39, 0.29) is 11.6 Å². The molecular weight excluding hydrogens is 252 g/mol. The van der Waals surface area contributed by atoms with E-state index in [0.717, 1.165) is 32.2 Å². The molecule has 0 radical (unpaired) electrons. The lowest BCUT2D eigenvalue weighted by molar-refractivity contribution is -0.0325. The normalized spacial score (nSPS) is 26.6. The van der Waals surface area contributed by atoms with Crippen LogP contribution in [0.2, 0.25) is 0 Å².